The Labute approximate surface area is 110 Å². The molecule has 0 saturated carbocycles. The highest BCUT2D eigenvalue weighted by Crippen LogP contribution is 2.32. The van der Waals surface area contributed by atoms with Gasteiger partial charge in [-0.2, -0.15) is 0 Å². The molecule has 8 heteroatoms. The lowest BCUT2D eigenvalue weighted by atomic mass is 10.1. The molecule has 94 valence electrons. The summed E-state index contributed by atoms with van der Waals surface area (Å²) in [7, 11) is 0. The van der Waals surface area contributed by atoms with Crippen LogP contribution in [0.3, 0.4) is 0 Å². The van der Waals surface area contributed by atoms with Gasteiger partial charge in [-0.15, -0.1) is 24.8 Å². The maximum atomic E-state index is 11.2. The zero-order chi connectivity index (χ0) is 11.0. The lowest BCUT2D eigenvalue weighted by molar-refractivity contribution is -0.122. The van der Waals surface area contributed by atoms with E-state index in [9.17, 15) is 9.59 Å². The Morgan fingerprint density at radius 3 is 2.65 bits per heavy atom. The van der Waals surface area contributed by atoms with E-state index >= 15 is 0 Å². The van der Waals surface area contributed by atoms with Gasteiger partial charge >= 0.3 is 6.09 Å². The molecule has 0 aromatic carbocycles. The SMILES string of the molecule is Cl.Cl.NC(=O)C1c2ccncc2CN1C(=O)O. The summed E-state index contributed by atoms with van der Waals surface area (Å²) in [6, 6.07) is 0.730. The Hall–Kier alpha value is -1.53. The van der Waals surface area contributed by atoms with Crippen LogP contribution in [0.4, 0.5) is 4.79 Å². The topological polar surface area (TPSA) is 96.5 Å². The van der Waals surface area contributed by atoms with Crippen LogP contribution in [0.5, 0.6) is 0 Å². The highest BCUT2D eigenvalue weighted by molar-refractivity contribution is 5.86. The Balaban J connectivity index is 0.00000128. The number of primary amides is 1. The van der Waals surface area contributed by atoms with Gasteiger partial charge in [-0.1, -0.05) is 0 Å². The molecule has 6 nitrogen and oxygen atoms in total. The molecule has 1 aromatic heterocycles. The third-order valence-corrected chi connectivity index (χ3v) is 2.40. The van der Waals surface area contributed by atoms with Crippen LogP contribution in [0.25, 0.3) is 0 Å². The Morgan fingerprint density at radius 2 is 2.12 bits per heavy atom. The largest absolute Gasteiger partial charge is 0.465 e. The summed E-state index contributed by atoms with van der Waals surface area (Å²) in [6.45, 7) is 0.159. The number of carboxylic acid groups (broad SMARTS) is 1. The first-order valence-electron chi connectivity index (χ1n) is 4.33. The van der Waals surface area contributed by atoms with Gasteiger partial charge in [-0.25, -0.2) is 4.79 Å². The van der Waals surface area contributed by atoms with Crippen LogP contribution < -0.4 is 5.73 Å². The zero-order valence-electron chi connectivity index (χ0n) is 8.57. The van der Waals surface area contributed by atoms with Crippen molar-refractivity contribution in [2.24, 2.45) is 5.73 Å². The zero-order valence-corrected chi connectivity index (χ0v) is 10.2. The number of aromatic nitrogens is 1. The van der Waals surface area contributed by atoms with Gasteiger partial charge in [0.25, 0.3) is 0 Å². The van der Waals surface area contributed by atoms with Gasteiger partial charge < -0.3 is 10.8 Å². The molecule has 0 radical (unpaired) electrons. The molecule has 0 saturated heterocycles. The molecule has 0 bridgehead atoms. The van der Waals surface area contributed by atoms with Crippen LogP contribution in [0.2, 0.25) is 0 Å². The van der Waals surface area contributed by atoms with Crippen LogP contribution in [0.15, 0.2) is 18.5 Å². The van der Waals surface area contributed by atoms with Crippen LogP contribution >= 0.6 is 24.8 Å². The van der Waals surface area contributed by atoms with E-state index in [0.29, 0.717) is 5.56 Å². The molecular weight excluding hydrogens is 269 g/mol. The van der Waals surface area contributed by atoms with E-state index in [1.54, 1.807) is 12.3 Å². The molecule has 2 amide bonds. The first-order chi connectivity index (χ1) is 7.11. The molecule has 17 heavy (non-hydrogen) atoms. The highest BCUT2D eigenvalue weighted by atomic mass is 35.5. The molecule has 0 fully saturated rings. The number of nitrogens with two attached hydrogens (primary N) is 1. The molecule has 1 aromatic rings. The lowest BCUT2D eigenvalue weighted by Crippen LogP contribution is -2.36. The Bertz CT molecular complexity index is 441. The molecule has 1 aliphatic rings. The van der Waals surface area contributed by atoms with Crippen molar-refractivity contribution in [1.82, 2.24) is 9.88 Å². The molecule has 1 unspecified atom stereocenters. The predicted octanol–water partition coefficient (Wildman–Crippen LogP) is 0.945. The fourth-order valence-corrected chi connectivity index (χ4v) is 1.76. The third-order valence-electron chi connectivity index (χ3n) is 2.40. The number of hydrogen-bond acceptors (Lipinski definition) is 3. The number of halogens is 2. The average Bonchev–Trinajstić information content (AvgIpc) is 2.56. The maximum Gasteiger partial charge on any atom is 0.408 e. The summed E-state index contributed by atoms with van der Waals surface area (Å²) in [4.78, 5) is 26.9. The quantitative estimate of drug-likeness (QED) is 0.800. The highest BCUT2D eigenvalue weighted by Gasteiger charge is 2.37. The summed E-state index contributed by atoms with van der Waals surface area (Å²) in [5, 5.41) is 8.90. The first-order valence-corrected chi connectivity index (χ1v) is 4.33. The van der Waals surface area contributed by atoms with Crippen LogP contribution in [0.1, 0.15) is 17.2 Å². The number of fused-ring (bicyclic) bond motifs is 1. The summed E-state index contributed by atoms with van der Waals surface area (Å²) in [5.41, 5.74) is 6.53. The van der Waals surface area contributed by atoms with Crippen molar-refractivity contribution in [1.29, 1.82) is 0 Å². The van der Waals surface area contributed by atoms with Gasteiger partial charge in [0, 0.05) is 12.4 Å². The molecular formula is C9H11Cl2N3O3. The van der Waals surface area contributed by atoms with Crippen molar-refractivity contribution in [3.63, 3.8) is 0 Å². The van der Waals surface area contributed by atoms with Crippen molar-refractivity contribution < 1.29 is 14.7 Å². The van der Waals surface area contributed by atoms with E-state index in [0.717, 1.165) is 10.5 Å². The van der Waals surface area contributed by atoms with Gasteiger partial charge in [-0.05, 0) is 17.2 Å². The second kappa shape index (κ2) is 5.70. The van der Waals surface area contributed by atoms with Gasteiger partial charge in [0.15, 0.2) is 0 Å². The Morgan fingerprint density at radius 1 is 1.47 bits per heavy atom. The fraction of sp³-hybridized carbons (Fsp3) is 0.222. The first kappa shape index (κ1) is 15.5. The number of carbonyl (C=O) groups is 2. The summed E-state index contributed by atoms with van der Waals surface area (Å²) < 4.78 is 0. The Kier molecular flexibility index (Phi) is 5.18. The van der Waals surface area contributed by atoms with Crippen molar-refractivity contribution in [2.75, 3.05) is 0 Å². The number of pyridine rings is 1. The molecule has 3 N–H and O–H groups in total. The van der Waals surface area contributed by atoms with Crippen LogP contribution in [0, 0.1) is 0 Å². The minimum atomic E-state index is -1.16. The number of hydrogen-bond donors (Lipinski definition) is 2. The van der Waals surface area contributed by atoms with Crippen molar-refractivity contribution in [3.05, 3.63) is 29.6 Å². The molecule has 2 rings (SSSR count). The standard InChI is InChI=1S/C9H9N3O3.2ClH/c10-8(13)7-6-1-2-11-3-5(6)4-12(7)9(14)15;;/h1-3,7H,4H2,(H2,10,13)(H,14,15);2*1H. The number of nitrogens with zero attached hydrogens (tertiary/aromatic N) is 2. The summed E-state index contributed by atoms with van der Waals surface area (Å²) in [6.07, 6.45) is 1.91. The van der Waals surface area contributed by atoms with E-state index in [2.05, 4.69) is 4.98 Å². The van der Waals surface area contributed by atoms with E-state index < -0.39 is 18.0 Å². The van der Waals surface area contributed by atoms with Gasteiger partial charge in [-0.3, -0.25) is 14.7 Å². The lowest BCUT2D eigenvalue weighted by Gasteiger charge is -2.18. The normalized spacial score (nSPS) is 16.5. The van der Waals surface area contributed by atoms with Gasteiger partial charge in [0.05, 0.1) is 6.54 Å². The van der Waals surface area contributed by atoms with Crippen LogP contribution in [-0.2, 0) is 11.3 Å². The molecule has 0 spiro atoms. The second-order valence-corrected chi connectivity index (χ2v) is 3.29. The predicted molar refractivity (Wildman–Crippen MR) is 64.2 cm³/mol. The van der Waals surface area contributed by atoms with E-state index in [1.165, 1.54) is 6.20 Å². The molecule has 1 atom stereocenters. The molecule has 1 aliphatic heterocycles. The maximum absolute atomic E-state index is 11.2. The second-order valence-electron chi connectivity index (χ2n) is 3.29. The minimum absolute atomic E-state index is 0. The van der Waals surface area contributed by atoms with Gasteiger partial charge in [0.2, 0.25) is 5.91 Å². The number of rotatable bonds is 1. The smallest absolute Gasteiger partial charge is 0.408 e. The molecule has 0 aliphatic carbocycles. The van der Waals surface area contributed by atoms with Crippen molar-refractivity contribution in [3.8, 4) is 0 Å². The van der Waals surface area contributed by atoms with Crippen molar-refractivity contribution in [2.45, 2.75) is 12.6 Å². The third kappa shape index (κ3) is 2.59. The summed E-state index contributed by atoms with van der Waals surface area (Å²) >= 11 is 0. The van der Waals surface area contributed by atoms with Gasteiger partial charge in [0.1, 0.15) is 6.04 Å². The minimum Gasteiger partial charge on any atom is -0.465 e. The van der Waals surface area contributed by atoms with E-state index in [-0.39, 0.29) is 31.4 Å². The number of amides is 2. The van der Waals surface area contributed by atoms with Crippen LogP contribution in [-0.4, -0.2) is 27.0 Å². The summed E-state index contributed by atoms with van der Waals surface area (Å²) in [5.74, 6) is -0.664. The molecule has 2 heterocycles. The van der Waals surface area contributed by atoms with E-state index in [4.69, 9.17) is 10.8 Å². The van der Waals surface area contributed by atoms with E-state index in [1.807, 2.05) is 0 Å². The number of carbonyl (C=O) groups excluding carboxylic acids is 1. The fourth-order valence-electron chi connectivity index (χ4n) is 1.76. The monoisotopic (exact) mass is 279 g/mol. The average molecular weight is 280 g/mol. The van der Waals surface area contributed by atoms with Crippen molar-refractivity contribution >= 4 is 36.8 Å².